The van der Waals surface area contributed by atoms with Gasteiger partial charge in [0, 0.05) is 17.5 Å². The van der Waals surface area contributed by atoms with E-state index in [1.165, 1.54) is 11.8 Å². The molecule has 0 saturated carbocycles. The Hall–Kier alpha value is -3.26. The highest BCUT2D eigenvalue weighted by Crippen LogP contribution is 2.31. The van der Waals surface area contributed by atoms with Crippen molar-refractivity contribution in [3.63, 3.8) is 0 Å². The van der Waals surface area contributed by atoms with Crippen LogP contribution < -0.4 is 15.4 Å². The normalized spacial score (nSPS) is 12.5. The molecule has 1 amide bonds. The van der Waals surface area contributed by atoms with Gasteiger partial charge >= 0.3 is 5.97 Å². The molecule has 1 aliphatic rings. The van der Waals surface area contributed by atoms with Crippen molar-refractivity contribution in [2.24, 2.45) is 4.99 Å². The van der Waals surface area contributed by atoms with E-state index in [1.54, 1.807) is 32.2 Å². The molecule has 2 N–H and O–H groups in total. The number of ether oxygens (including phenoxy) is 2. The fourth-order valence-corrected chi connectivity index (χ4v) is 3.50. The smallest absolute Gasteiger partial charge is 0.311 e. The van der Waals surface area contributed by atoms with Crippen LogP contribution in [0, 0.1) is 0 Å². The molecule has 0 fully saturated rings. The molecule has 0 bridgehead atoms. The second kappa shape index (κ2) is 10.5. The van der Waals surface area contributed by atoms with Gasteiger partial charge in [0.2, 0.25) is 5.91 Å². The molecule has 0 radical (unpaired) electrons. The minimum absolute atomic E-state index is 0.0950. The second-order valence-electron chi connectivity index (χ2n) is 6.31. The van der Waals surface area contributed by atoms with Crippen molar-refractivity contribution in [3.8, 4) is 5.75 Å². The molecule has 1 heterocycles. The Bertz CT molecular complexity index is 988. The highest BCUT2D eigenvalue weighted by atomic mass is 32.2. The molecule has 0 unspecified atom stereocenters. The summed E-state index contributed by atoms with van der Waals surface area (Å²) in [6.45, 7) is 2.09. The number of carbonyl (C=O) groups is 2. The van der Waals surface area contributed by atoms with Crippen molar-refractivity contribution >= 4 is 45.7 Å². The topological polar surface area (TPSA) is 89.0 Å². The molecule has 0 aliphatic carbocycles. The van der Waals surface area contributed by atoms with E-state index in [9.17, 15) is 9.59 Å². The van der Waals surface area contributed by atoms with Gasteiger partial charge in [-0.2, -0.15) is 0 Å². The fourth-order valence-electron chi connectivity index (χ4n) is 2.76. The van der Waals surface area contributed by atoms with E-state index in [2.05, 4.69) is 15.6 Å². The number of anilines is 2. The third kappa shape index (κ3) is 6.12. The molecular weight excluding hydrogens is 402 g/mol. The maximum absolute atomic E-state index is 12.4. The number of esters is 1. The number of hydrogen-bond donors (Lipinski definition) is 2. The molecule has 0 aromatic heterocycles. The molecule has 7 nitrogen and oxygen atoms in total. The fraction of sp³-hybridized carbons (Fsp3) is 0.227. The molecule has 8 heteroatoms. The number of fused-ring (bicyclic) bond motifs is 1. The number of nitrogens with zero attached hydrogens (tertiary/aromatic N) is 1. The van der Waals surface area contributed by atoms with E-state index < -0.39 is 0 Å². The molecule has 3 rings (SSSR count). The maximum Gasteiger partial charge on any atom is 0.311 e. The SMILES string of the molecule is CCOC(=O)CC1=CC(SCC(=O)Nc2cccc(OC)c2)=Nc2ccccc2N1. The van der Waals surface area contributed by atoms with Gasteiger partial charge in [-0.15, -0.1) is 0 Å². The van der Waals surface area contributed by atoms with Crippen LogP contribution in [0.3, 0.4) is 0 Å². The standard InChI is InChI=1S/C22H23N3O4S/c1-3-29-22(27)13-16-12-21(25-19-10-5-4-9-18(19)23-16)30-14-20(26)24-15-7-6-8-17(11-15)28-2/h4-12,23H,3,13-14H2,1-2H3,(H,24,26). The van der Waals surface area contributed by atoms with Gasteiger partial charge in [-0.25, -0.2) is 4.99 Å². The Morgan fingerprint density at radius 1 is 1.17 bits per heavy atom. The lowest BCUT2D eigenvalue weighted by atomic mass is 10.2. The van der Waals surface area contributed by atoms with Crippen molar-refractivity contribution in [2.75, 3.05) is 30.1 Å². The molecular formula is C22H23N3O4S. The zero-order valence-corrected chi connectivity index (χ0v) is 17.6. The van der Waals surface area contributed by atoms with E-state index in [4.69, 9.17) is 9.47 Å². The quantitative estimate of drug-likeness (QED) is 0.641. The van der Waals surface area contributed by atoms with E-state index in [0.29, 0.717) is 28.8 Å². The Balaban J connectivity index is 1.70. The van der Waals surface area contributed by atoms with Gasteiger partial charge < -0.3 is 20.1 Å². The molecule has 1 aliphatic heterocycles. The lowest BCUT2D eigenvalue weighted by molar-refractivity contribution is -0.142. The summed E-state index contributed by atoms with van der Waals surface area (Å²) in [5, 5.41) is 6.71. The maximum atomic E-state index is 12.4. The molecule has 0 saturated heterocycles. The van der Waals surface area contributed by atoms with Gasteiger partial charge in [0.05, 0.1) is 42.3 Å². The average molecular weight is 426 g/mol. The first-order valence-corrected chi connectivity index (χ1v) is 10.4. The number of carbonyl (C=O) groups excluding carboxylic acids is 2. The number of rotatable bonds is 7. The van der Waals surface area contributed by atoms with Crippen LogP contribution >= 0.6 is 11.8 Å². The predicted octanol–water partition coefficient (Wildman–Crippen LogP) is 4.36. The van der Waals surface area contributed by atoms with Crippen LogP contribution in [0.2, 0.25) is 0 Å². The molecule has 2 aromatic rings. The number of thioether (sulfide) groups is 1. The third-order valence-corrected chi connectivity index (χ3v) is 4.98. The lowest BCUT2D eigenvalue weighted by Crippen LogP contribution is -2.15. The summed E-state index contributed by atoms with van der Waals surface area (Å²) in [7, 11) is 1.58. The number of nitrogens with one attached hydrogen (secondary N) is 2. The minimum atomic E-state index is -0.323. The van der Waals surface area contributed by atoms with Crippen molar-refractivity contribution in [1.29, 1.82) is 0 Å². The molecule has 2 aromatic carbocycles. The third-order valence-electron chi connectivity index (χ3n) is 4.07. The number of benzene rings is 2. The zero-order valence-electron chi connectivity index (χ0n) is 16.8. The first kappa shape index (κ1) is 21.4. The average Bonchev–Trinajstić information content (AvgIpc) is 2.91. The summed E-state index contributed by atoms with van der Waals surface area (Å²) in [5.41, 5.74) is 2.86. The van der Waals surface area contributed by atoms with Crippen molar-refractivity contribution < 1.29 is 19.1 Å². The lowest BCUT2D eigenvalue weighted by Gasteiger charge is -2.10. The second-order valence-corrected chi connectivity index (χ2v) is 7.31. The highest BCUT2D eigenvalue weighted by molar-refractivity contribution is 8.14. The summed E-state index contributed by atoms with van der Waals surface area (Å²) < 4.78 is 10.2. The summed E-state index contributed by atoms with van der Waals surface area (Å²) in [4.78, 5) is 29.0. The molecule has 0 spiro atoms. The van der Waals surface area contributed by atoms with Crippen molar-refractivity contribution in [3.05, 3.63) is 60.3 Å². The summed E-state index contributed by atoms with van der Waals surface area (Å²) in [6, 6.07) is 14.7. The monoisotopic (exact) mass is 425 g/mol. The van der Waals surface area contributed by atoms with Gasteiger partial charge in [-0.05, 0) is 37.3 Å². The Morgan fingerprint density at radius 2 is 2.00 bits per heavy atom. The number of aliphatic imine (C=N–C) groups is 1. The van der Waals surface area contributed by atoms with E-state index in [0.717, 1.165) is 11.4 Å². The van der Waals surface area contributed by atoms with E-state index >= 15 is 0 Å². The first-order chi connectivity index (χ1) is 14.6. The van der Waals surface area contributed by atoms with Gasteiger partial charge in [-0.3, -0.25) is 9.59 Å². The van der Waals surface area contributed by atoms with Crippen LogP contribution in [0.25, 0.3) is 0 Å². The van der Waals surface area contributed by atoms with E-state index in [-0.39, 0.29) is 24.1 Å². The number of para-hydroxylation sites is 2. The summed E-state index contributed by atoms with van der Waals surface area (Å²) in [5.74, 6) is 0.349. The largest absolute Gasteiger partial charge is 0.497 e. The summed E-state index contributed by atoms with van der Waals surface area (Å²) in [6.07, 6.45) is 1.87. The van der Waals surface area contributed by atoms with E-state index in [1.807, 2.05) is 36.4 Å². The van der Waals surface area contributed by atoms with Crippen molar-refractivity contribution in [1.82, 2.24) is 0 Å². The van der Waals surface area contributed by atoms with Gasteiger partial charge in [0.25, 0.3) is 0 Å². The van der Waals surface area contributed by atoms with Crippen LogP contribution in [0.5, 0.6) is 5.75 Å². The number of amides is 1. The van der Waals surface area contributed by atoms with Crippen molar-refractivity contribution in [2.45, 2.75) is 13.3 Å². The first-order valence-electron chi connectivity index (χ1n) is 9.45. The number of hydrogen-bond acceptors (Lipinski definition) is 7. The van der Waals surface area contributed by atoms with Gasteiger partial charge in [0.1, 0.15) is 5.75 Å². The van der Waals surface area contributed by atoms with Gasteiger partial charge in [0.15, 0.2) is 0 Å². The van der Waals surface area contributed by atoms with Crippen LogP contribution in [0.4, 0.5) is 17.1 Å². The van der Waals surface area contributed by atoms with Crippen LogP contribution in [0.1, 0.15) is 13.3 Å². The molecule has 30 heavy (non-hydrogen) atoms. The Kier molecular flexibility index (Phi) is 7.51. The molecule has 0 atom stereocenters. The molecule has 156 valence electrons. The van der Waals surface area contributed by atoms with Crippen LogP contribution in [0.15, 0.2) is 65.3 Å². The van der Waals surface area contributed by atoms with Crippen LogP contribution in [-0.4, -0.2) is 36.4 Å². The Labute approximate surface area is 179 Å². The van der Waals surface area contributed by atoms with Crippen LogP contribution in [-0.2, 0) is 14.3 Å². The Morgan fingerprint density at radius 3 is 2.80 bits per heavy atom. The zero-order chi connectivity index (χ0) is 21.3. The minimum Gasteiger partial charge on any atom is -0.497 e. The predicted molar refractivity (Wildman–Crippen MR) is 121 cm³/mol. The van der Waals surface area contributed by atoms with Gasteiger partial charge in [-0.1, -0.05) is 30.0 Å². The summed E-state index contributed by atoms with van der Waals surface area (Å²) >= 11 is 1.29. The number of methoxy groups -OCH3 is 1. The highest BCUT2D eigenvalue weighted by Gasteiger charge is 2.15.